The van der Waals surface area contributed by atoms with Crippen molar-refractivity contribution in [2.45, 2.75) is 20.4 Å². The molecule has 1 aromatic carbocycles. The van der Waals surface area contributed by atoms with Gasteiger partial charge in [-0.2, -0.15) is 0 Å². The van der Waals surface area contributed by atoms with Gasteiger partial charge in [0.05, 0.1) is 12.8 Å². The predicted molar refractivity (Wildman–Crippen MR) is 87.5 cm³/mol. The average molecular weight is 365 g/mol. The molecule has 0 bridgehead atoms. The number of nitrogens with zero attached hydrogens (tertiary/aromatic N) is 1. The molecule has 0 saturated carbocycles. The molecule has 1 aromatic heterocycles. The van der Waals surface area contributed by atoms with Gasteiger partial charge < -0.3 is 14.6 Å². The van der Waals surface area contributed by atoms with Crippen molar-refractivity contribution in [1.29, 1.82) is 0 Å². The summed E-state index contributed by atoms with van der Waals surface area (Å²) in [4.78, 5) is 25.3. The van der Waals surface area contributed by atoms with E-state index in [1.54, 1.807) is 18.4 Å². The van der Waals surface area contributed by atoms with Gasteiger partial charge in [0, 0.05) is 17.1 Å². The molecule has 1 N–H and O–H groups in total. The highest BCUT2D eigenvalue weighted by molar-refractivity contribution is 9.10. The van der Waals surface area contributed by atoms with Gasteiger partial charge in [0.15, 0.2) is 0 Å². The Bertz CT molecular complexity index is 668. The van der Waals surface area contributed by atoms with E-state index < -0.39 is 0 Å². The van der Waals surface area contributed by atoms with Crippen LogP contribution in [0.15, 0.2) is 45.5 Å². The van der Waals surface area contributed by atoms with Crippen molar-refractivity contribution < 1.29 is 14.0 Å². The molecule has 0 spiro atoms. The van der Waals surface area contributed by atoms with Crippen molar-refractivity contribution in [3.63, 3.8) is 0 Å². The van der Waals surface area contributed by atoms with E-state index in [0.29, 0.717) is 18.0 Å². The van der Waals surface area contributed by atoms with Crippen LogP contribution in [0, 0.1) is 6.92 Å². The third-order valence-corrected chi connectivity index (χ3v) is 4.04. The monoisotopic (exact) mass is 364 g/mol. The van der Waals surface area contributed by atoms with Crippen LogP contribution in [0.1, 0.15) is 18.2 Å². The van der Waals surface area contributed by atoms with Gasteiger partial charge >= 0.3 is 0 Å². The summed E-state index contributed by atoms with van der Waals surface area (Å²) in [5, 5.41) is 2.73. The van der Waals surface area contributed by atoms with Gasteiger partial charge in [0.25, 0.3) is 0 Å². The van der Waals surface area contributed by atoms with E-state index in [-0.39, 0.29) is 18.4 Å². The van der Waals surface area contributed by atoms with E-state index in [9.17, 15) is 9.59 Å². The molecule has 1 heterocycles. The third-order valence-electron chi connectivity index (χ3n) is 3.19. The topological polar surface area (TPSA) is 62.6 Å². The molecule has 22 heavy (non-hydrogen) atoms. The minimum atomic E-state index is -0.247. The van der Waals surface area contributed by atoms with Gasteiger partial charge in [-0.25, -0.2) is 0 Å². The summed E-state index contributed by atoms with van der Waals surface area (Å²) >= 11 is 3.44. The molecule has 0 aliphatic carbocycles. The molecule has 0 fully saturated rings. The van der Waals surface area contributed by atoms with Crippen LogP contribution in [-0.4, -0.2) is 18.4 Å². The van der Waals surface area contributed by atoms with Crippen molar-refractivity contribution in [3.8, 4) is 0 Å². The highest BCUT2D eigenvalue weighted by atomic mass is 79.9. The molecule has 0 aliphatic heterocycles. The largest absolute Gasteiger partial charge is 0.467 e. The number of hydrogen-bond acceptors (Lipinski definition) is 3. The lowest BCUT2D eigenvalue weighted by atomic mass is 10.2. The van der Waals surface area contributed by atoms with Crippen LogP contribution in [0.2, 0.25) is 0 Å². The van der Waals surface area contributed by atoms with Crippen molar-refractivity contribution in [3.05, 3.63) is 52.4 Å². The van der Waals surface area contributed by atoms with Crippen molar-refractivity contribution in [2.75, 3.05) is 11.4 Å². The van der Waals surface area contributed by atoms with Gasteiger partial charge in [-0.1, -0.05) is 22.0 Å². The molecule has 0 atom stereocenters. The molecular formula is C16H17BrN2O3. The first-order valence-corrected chi connectivity index (χ1v) is 7.60. The molecule has 0 radical (unpaired) electrons. The Hall–Kier alpha value is -2.08. The second-order valence-corrected chi connectivity index (χ2v) is 5.75. The normalized spacial score (nSPS) is 10.3. The van der Waals surface area contributed by atoms with E-state index >= 15 is 0 Å². The number of furan rings is 1. The number of nitrogens with one attached hydrogen (secondary N) is 1. The Kier molecular flexibility index (Phi) is 5.38. The smallest absolute Gasteiger partial charge is 0.240 e. The zero-order chi connectivity index (χ0) is 16.1. The SMILES string of the molecule is CC(=O)N(CC(=O)NCc1ccco1)c1ccc(C)c(Br)c1. The average Bonchev–Trinajstić information content (AvgIpc) is 2.98. The van der Waals surface area contributed by atoms with Crippen LogP contribution in [0.5, 0.6) is 0 Å². The summed E-state index contributed by atoms with van der Waals surface area (Å²) in [5.74, 6) is 0.230. The van der Waals surface area contributed by atoms with Crippen LogP contribution in [0.4, 0.5) is 5.69 Å². The summed E-state index contributed by atoms with van der Waals surface area (Å²) in [7, 11) is 0. The Morgan fingerprint density at radius 2 is 2.09 bits per heavy atom. The first-order valence-electron chi connectivity index (χ1n) is 6.80. The molecule has 2 amide bonds. The van der Waals surface area contributed by atoms with Gasteiger partial charge in [0.2, 0.25) is 11.8 Å². The van der Waals surface area contributed by atoms with Crippen molar-refractivity contribution in [1.82, 2.24) is 5.32 Å². The molecule has 6 heteroatoms. The van der Waals surface area contributed by atoms with E-state index in [4.69, 9.17) is 4.42 Å². The zero-order valence-electron chi connectivity index (χ0n) is 12.4. The Balaban J connectivity index is 2.03. The lowest BCUT2D eigenvalue weighted by molar-refractivity contribution is -0.123. The van der Waals surface area contributed by atoms with E-state index in [1.165, 1.54) is 11.8 Å². The number of halogens is 1. The van der Waals surface area contributed by atoms with Crippen LogP contribution < -0.4 is 10.2 Å². The van der Waals surface area contributed by atoms with Crippen LogP contribution >= 0.6 is 15.9 Å². The van der Waals surface area contributed by atoms with Crippen molar-refractivity contribution >= 4 is 33.4 Å². The number of amides is 2. The summed E-state index contributed by atoms with van der Waals surface area (Å²) in [5.41, 5.74) is 1.74. The number of aryl methyl sites for hydroxylation is 1. The third kappa shape index (κ3) is 4.21. The molecule has 0 saturated heterocycles. The minimum absolute atomic E-state index is 0.0362. The summed E-state index contributed by atoms with van der Waals surface area (Å²) < 4.78 is 6.04. The van der Waals surface area contributed by atoms with Crippen molar-refractivity contribution in [2.24, 2.45) is 0 Å². The highest BCUT2D eigenvalue weighted by Gasteiger charge is 2.16. The van der Waals surface area contributed by atoms with Gasteiger partial charge in [0.1, 0.15) is 12.3 Å². The lowest BCUT2D eigenvalue weighted by Gasteiger charge is -2.21. The molecule has 2 rings (SSSR count). The van der Waals surface area contributed by atoms with E-state index in [1.807, 2.05) is 25.1 Å². The molecule has 0 unspecified atom stereocenters. The second kappa shape index (κ2) is 7.26. The Labute approximate surface area is 137 Å². The molecule has 0 aliphatic rings. The minimum Gasteiger partial charge on any atom is -0.467 e. The first kappa shape index (κ1) is 16.3. The van der Waals surface area contributed by atoms with Gasteiger partial charge in [-0.3, -0.25) is 9.59 Å². The number of anilines is 1. The molecule has 5 nitrogen and oxygen atoms in total. The quantitative estimate of drug-likeness (QED) is 0.886. The maximum Gasteiger partial charge on any atom is 0.240 e. The fourth-order valence-corrected chi connectivity index (χ4v) is 2.30. The van der Waals surface area contributed by atoms with E-state index in [2.05, 4.69) is 21.2 Å². The number of rotatable bonds is 5. The molecule has 116 valence electrons. The van der Waals surface area contributed by atoms with E-state index in [0.717, 1.165) is 10.0 Å². The molecule has 2 aromatic rings. The summed E-state index contributed by atoms with van der Waals surface area (Å²) in [6.07, 6.45) is 1.55. The number of carbonyl (C=O) groups is 2. The maximum atomic E-state index is 12.0. The lowest BCUT2D eigenvalue weighted by Crippen LogP contribution is -2.39. The summed E-state index contributed by atoms with van der Waals surface area (Å²) in [6, 6.07) is 9.08. The van der Waals surface area contributed by atoms with Crippen LogP contribution in [-0.2, 0) is 16.1 Å². The molecular weight excluding hydrogens is 348 g/mol. The Morgan fingerprint density at radius 1 is 1.32 bits per heavy atom. The first-order chi connectivity index (χ1) is 10.5. The maximum absolute atomic E-state index is 12.0. The fraction of sp³-hybridized carbons (Fsp3) is 0.250. The number of hydrogen-bond donors (Lipinski definition) is 1. The second-order valence-electron chi connectivity index (χ2n) is 4.89. The van der Waals surface area contributed by atoms with Crippen LogP contribution in [0.25, 0.3) is 0 Å². The summed E-state index contributed by atoms with van der Waals surface area (Å²) in [6.45, 7) is 3.66. The van der Waals surface area contributed by atoms with Gasteiger partial charge in [-0.15, -0.1) is 0 Å². The fourth-order valence-electron chi connectivity index (χ4n) is 1.93. The number of carbonyl (C=O) groups excluding carboxylic acids is 2. The highest BCUT2D eigenvalue weighted by Crippen LogP contribution is 2.23. The van der Waals surface area contributed by atoms with Gasteiger partial charge in [-0.05, 0) is 36.8 Å². The predicted octanol–water partition coefficient (Wildman–Crippen LogP) is 3.02. The Morgan fingerprint density at radius 3 is 2.68 bits per heavy atom. The number of benzene rings is 1. The zero-order valence-corrected chi connectivity index (χ0v) is 14.0. The van der Waals surface area contributed by atoms with Crippen LogP contribution in [0.3, 0.4) is 0 Å². The standard InChI is InChI=1S/C16H17BrN2O3/c1-11-5-6-13(8-15(11)17)19(12(2)20)10-16(21)18-9-14-4-3-7-22-14/h3-8H,9-10H2,1-2H3,(H,18,21).